The zero-order valence-corrected chi connectivity index (χ0v) is 25.6. The number of amides is 6. The number of carbonyl (C=O) groups excluding carboxylic acids is 6. The average molecular weight is 629 g/mol. The molecular weight excluding hydrogens is 596 g/mol. The Labute approximate surface area is 271 Å². The number of benzene rings is 4. The molecule has 2 heterocycles. The summed E-state index contributed by atoms with van der Waals surface area (Å²) in [6.45, 7) is 1.63. The molecule has 3 atom stereocenters. The quantitative estimate of drug-likeness (QED) is 0.245. The molecule has 0 bridgehead atoms. The van der Waals surface area contributed by atoms with Gasteiger partial charge in [-0.25, -0.2) is 0 Å². The highest BCUT2D eigenvalue weighted by atomic mass is 16.2. The molecule has 2 aliphatic heterocycles. The number of nitrogens with one attached hydrogen (secondary N) is 2. The SMILES string of the molecule is C[C@H](CNC(=O)[C@H](Cc1ccccc1)N1C(=O)c2ccccc2C1=O)NC(=O)[C@@H](Cc1ccccc1)N1C(=O)c2ccccc2C1=O. The van der Waals surface area contributed by atoms with Crippen LogP contribution >= 0.6 is 0 Å². The number of imide groups is 2. The first kappa shape index (κ1) is 31.1. The lowest BCUT2D eigenvalue weighted by molar-refractivity contribution is -0.127. The molecule has 0 aliphatic carbocycles. The van der Waals surface area contributed by atoms with Crippen molar-refractivity contribution in [2.45, 2.75) is 37.9 Å². The predicted molar refractivity (Wildman–Crippen MR) is 172 cm³/mol. The van der Waals surface area contributed by atoms with Gasteiger partial charge in [-0.2, -0.15) is 0 Å². The van der Waals surface area contributed by atoms with Crippen molar-refractivity contribution in [2.75, 3.05) is 6.54 Å². The molecule has 4 aromatic rings. The molecule has 6 amide bonds. The van der Waals surface area contributed by atoms with E-state index >= 15 is 0 Å². The highest BCUT2D eigenvalue weighted by Crippen LogP contribution is 2.27. The molecule has 4 aromatic carbocycles. The van der Waals surface area contributed by atoms with Crippen LogP contribution in [0.4, 0.5) is 0 Å². The second-order valence-corrected chi connectivity index (χ2v) is 11.6. The molecule has 47 heavy (non-hydrogen) atoms. The molecule has 0 saturated heterocycles. The summed E-state index contributed by atoms with van der Waals surface area (Å²) in [5.74, 6) is -3.32. The second-order valence-electron chi connectivity index (χ2n) is 11.6. The zero-order valence-electron chi connectivity index (χ0n) is 25.6. The van der Waals surface area contributed by atoms with Crippen LogP contribution in [-0.4, -0.2) is 69.9 Å². The Kier molecular flexibility index (Phi) is 8.75. The van der Waals surface area contributed by atoms with Gasteiger partial charge in [-0.1, -0.05) is 84.9 Å². The van der Waals surface area contributed by atoms with Gasteiger partial charge >= 0.3 is 0 Å². The minimum absolute atomic E-state index is 0.0425. The Morgan fingerprint density at radius 2 is 0.872 bits per heavy atom. The molecule has 6 rings (SSSR count). The van der Waals surface area contributed by atoms with Crippen molar-refractivity contribution in [1.82, 2.24) is 20.4 Å². The largest absolute Gasteiger partial charge is 0.352 e. The topological polar surface area (TPSA) is 133 Å². The summed E-state index contributed by atoms with van der Waals surface area (Å²) in [7, 11) is 0. The van der Waals surface area contributed by atoms with Crippen LogP contribution in [0.1, 0.15) is 59.5 Å². The van der Waals surface area contributed by atoms with E-state index in [2.05, 4.69) is 10.6 Å². The second kappa shape index (κ2) is 13.2. The van der Waals surface area contributed by atoms with Gasteiger partial charge in [-0.3, -0.25) is 38.6 Å². The first-order chi connectivity index (χ1) is 22.7. The van der Waals surface area contributed by atoms with Crippen molar-refractivity contribution >= 4 is 35.4 Å². The number of rotatable bonds is 11. The van der Waals surface area contributed by atoms with E-state index in [0.29, 0.717) is 0 Å². The van der Waals surface area contributed by atoms with Gasteiger partial charge in [-0.15, -0.1) is 0 Å². The van der Waals surface area contributed by atoms with E-state index in [4.69, 9.17) is 0 Å². The monoisotopic (exact) mass is 628 g/mol. The smallest absolute Gasteiger partial charge is 0.262 e. The molecule has 0 unspecified atom stereocenters. The fourth-order valence-electron chi connectivity index (χ4n) is 6.02. The Balaban J connectivity index is 1.18. The molecule has 0 saturated carbocycles. The van der Waals surface area contributed by atoms with Crippen molar-refractivity contribution in [3.8, 4) is 0 Å². The molecule has 0 radical (unpaired) electrons. The summed E-state index contributed by atoms with van der Waals surface area (Å²) < 4.78 is 0. The van der Waals surface area contributed by atoms with E-state index in [1.165, 1.54) is 0 Å². The van der Waals surface area contributed by atoms with Gasteiger partial charge in [0.25, 0.3) is 23.6 Å². The third-order valence-corrected chi connectivity index (χ3v) is 8.39. The average Bonchev–Trinajstić information content (AvgIpc) is 3.50. The van der Waals surface area contributed by atoms with E-state index in [-0.39, 0.29) is 41.6 Å². The molecule has 10 heteroatoms. The number of carbonyl (C=O) groups is 6. The summed E-state index contributed by atoms with van der Waals surface area (Å²) in [6.07, 6.45) is 0.188. The van der Waals surface area contributed by atoms with Crippen molar-refractivity contribution in [3.63, 3.8) is 0 Å². The van der Waals surface area contributed by atoms with Crippen LogP contribution in [0.25, 0.3) is 0 Å². The number of nitrogens with zero attached hydrogens (tertiary/aromatic N) is 2. The van der Waals surface area contributed by atoms with E-state index in [1.807, 2.05) is 60.7 Å². The van der Waals surface area contributed by atoms with Crippen LogP contribution in [0.2, 0.25) is 0 Å². The molecule has 236 valence electrons. The lowest BCUT2D eigenvalue weighted by Crippen LogP contribution is -2.55. The van der Waals surface area contributed by atoms with Gasteiger partial charge in [0, 0.05) is 25.4 Å². The summed E-state index contributed by atoms with van der Waals surface area (Å²) in [5, 5.41) is 5.64. The normalized spacial score (nSPS) is 15.6. The van der Waals surface area contributed by atoms with Crippen LogP contribution in [0.5, 0.6) is 0 Å². The summed E-state index contributed by atoms with van der Waals surface area (Å²) in [6, 6.07) is 28.1. The number of hydrogen-bond acceptors (Lipinski definition) is 6. The minimum Gasteiger partial charge on any atom is -0.352 e. The van der Waals surface area contributed by atoms with Gasteiger partial charge < -0.3 is 10.6 Å². The van der Waals surface area contributed by atoms with E-state index < -0.39 is 53.6 Å². The van der Waals surface area contributed by atoms with Crippen LogP contribution in [0, 0.1) is 0 Å². The molecule has 2 N–H and O–H groups in total. The molecule has 10 nitrogen and oxygen atoms in total. The minimum atomic E-state index is -1.15. The Morgan fingerprint density at radius 1 is 0.532 bits per heavy atom. The van der Waals surface area contributed by atoms with Gasteiger partial charge in [0.15, 0.2) is 0 Å². The Morgan fingerprint density at radius 3 is 1.26 bits per heavy atom. The number of fused-ring (bicyclic) bond motifs is 2. The molecule has 0 fully saturated rings. The molecular formula is C37H32N4O6. The van der Waals surface area contributed by atoms with Crippen LogP contribution in [0.3, 0.4) is 0 Å². The Hall–Kier alpha value is -5.90. The molecule has 0 aromatic heterocycles. The third-order valence-electron chi connectivity index (χ3n) is 8.39. The van der Waals surface area contributed by atoms with Crippen molar-refractivity contribution in [2.24, 2.45) is 0 Å². The highest BCUT2D eigenvalue weighted by Gasteiger charge is 2.44. The first-order valence-corrected chi connectivity index (χ1v) is 15.3. The highest BCUT2D eigenvalue weighted by molar-refractivity contribution is 6.23. The summed E-state index contributed by atoms with van der Waals surface area (Å²) in [4.78, 5) is 82.8. The number of hydrogen-bond donors (Lipinski definition) is 2. The summed E-state index contributed by atoms with van der Waals surface area (Å²) in [5.41, 5.74) is 2.47. The van der Waals surface area contributed by atoms with E-state index in [9.17, 15) is 28.8 Å². The maximum absolute atomic E-state index is 13.8. The van der Waals surface area contributed by atoms with Crippen molar-refractivity contribution < 1.29 is 28.8 Å². The maximum atomic E-state index is 13.8. The fourth-order valence-corrected chi connectivity index (χ4v) is 6.02. The molecule has 0 spiro atoms. The Bertz CT molecular complexity index is 1810. The lowest BCUT2D eigenvalue weighted by atomic mass is 10.0. The zero-order chi connectivity index (χ0) is 33.1. The van der Waals surface area contributed by atoms with Crippen LogP contribution in [-0.2, 0) is 22.4 Å². The van der Waals surface area contributed by atoms with E-state index in [1.54, 1.807) is 55.5 Å². The lowest BCUT2D eigenvalue weighted by Gasteiger charge is -2.28. The van der Waals surface area contributed by atoms with Gasteiger partial charge in [0.05, 0.1) is 22.3 Å². The first-order valence-electron chi connectivity index (χ1n) is 15.3. The van der Waals surface area contributed by atoms with Gasteiger partial charge in [-0.05, 0) is 42.3 Å². The van der Waals surface area contributed by atoms with Crippen LogP contribution < -0.4 is 10.6 Å². The molecule has 2 aliphatic rings. The van der Waals surface area contributed by atoms with Crippen LogP contribution in [0.15, 0.2) is 109 Å². The van der Waals surface area contributed by atoms with Crippen molar-refractivity contribution in [1.29, 1.82) is 0 Å². The predicted octanol–water partition coefficient (Wildman–Crippen LogP) is 3.42. The third kappa shape index (κ3) is 6.17. The van der Waals surface area contributed by atoms with E-state index in [0.717, 1.165) is 20.9 Å². The fraction of sp³-hybridized carbons (Fsp3) is 0.189. The summed E-state index contributed by atoms with van der Waals surface area (Å²) >= 11 is 0. The van der Waals surface area contributed by atoms with Crippen molar-refractivity contribution in [3.05, 3.63) is 143 Å². The van der Waals surface area contributed by atoms with Gasteiger partial charge in [0.1, 0.15) is 12.1 Å². The van der Waals surface area contributed by atoms with Gasteiger partial charge in [0.2, 0.25) is 11.8 Å². The standard InChI is InChI=1S/C37H32N4O6/c1-23(39-33(43)31(21-25-14-6-3-7-15-25)41-36(46)28-18-10-11-19-29(28)37(41)47)22-38-32(42)30(20-24-12-4-2-5-13-24)40-34(44)26-16-8-9-17-27(26)35(40)45/h2-19,23,30-31H,20-22H2,1H3,(H,38,42)(H,39,43)/t23-,30+,31-/m1/s1. The maximum Gasteiger partial charge on any atom is 0.262 e.